The van der Waals surface area contributed by atoms with E-state index in [1.807, 2.05) is 40.2 Å². The minimum Gasteiger partial charge on any atom is -0.463 e. The number of primary amides is 1. The Morgan fingerprint density at radius 2 is 0.766 bits per heavy atom. The van der Waals surface area contributed by atoms with E-state index in [1.54, 1.807) is 13.8 Å². The third-order valence-corrected chi connectivity index (χ3v) is 19.9. The van der Waals surface area contributed by atoms with Gasteiger partial charge in [0, 0.05) is 94.7 Å². The Morgan fingerprint density at radius 3 is 1.09 bits per heavy atom. The Hall–Kier alpha value is -3.95. The molecule has 2 heterocycles. The second-order valence-electron chi connectivity index (χ2n) is 41.7. The third-order valence-electron chi connectivity index (χ3n) is 19.9. The van der Waals surface area contributed by atoms with Crippen LogP contribution in [-0.4, -0.2) is 364 Å². The Balaban J connectivity index is -0.000000289. The molecule has 22 N–H and O–H groups in total. The first-order valence-electron chi connectivity index (χ1n) is 52.8. The van der Waals surface area contributed by atoms with Crippen molar-refractivity contribution in [3.8, 4) is 0 Å². The van der Waals surface area contributed by atoms with Crippen molar-refractivity contribution in [1.82, 2.24) is 14.5 Å². The van der Waals surface area contributed by atoms with E-state index in [2.05, 4.69) is 205 Å². The van der Waals surface area contributed by atoms with Gasteiger partial charge >= 0.3 is 11.9 Å². The number of ether oxygens (including phenoxy) is 16. The predicted molar refractivity (Wildman–Crippen MR) is 556 cm³/mol. The molecular weight excluding hydrogens is 1820 g/mol. The molecule has 1 fully saturated rings. The summed E-state index contributed by atoms with van der Waals surface area (Å²) >= 11 is 0. The van der Waals surface area contributed by atoms with Gasteiger partial charge in [-0.3, -0.25) is 19.2 Å². The normalized spacial score (nSPS) is 15.4. The quantitative estimate of drug-likeness (QED) is 0.0216. The monoisotopic (exact) mass is 2050 g/mol. The van der Waals surface area contributed by atoms with E-state index in [0.717, 1.165) is 96.5 Å². The Morgan fingerprint density at radius 1 is 0.404 bits per heavy atom. The topological polar surface area (TPSA) is 535 Å². The fraction of sp³-hybridized carbons (Fsp3) is 0.933. The Kier molecular flexibility index (Phi) is 110. The Bertz CT molecular complexity index is 2650. The number of aliphatic hydroxyl groups excluding tert-OH is 8. The van der Waals surface area contributed by atoms with Crippen LogP contribution in [0.25, 0.3) is 0 Å². The van der Waals surface area contributed by atoms with E-state index in [-0.39, 0.29) is 166 Å². The van der Waals surface area contributed by atoms with Crippen molar-refractivity contribution in [3.05, 3.63) is 18.7 Å². The lowest BCUT2D eigenvalue weighted by atomic mass is 9.87. The minimum absolute atomic E-state index is 0.0113. The molecule has 0 aliphatic carbocycles. The van der Waals surface area contributed by atoms with Crippen molar-refractivity contribution in [2.45, 2.75) is 338 Å². The summed E-state index contributed by atoms with van der Waals surface area (Å²) < 4.78 is 87.5. The molecule has 1 aliphatic heterocycles. The fourth-order valence-electron chi connectivity index (χ4n) is 13.4. The number of carbonyl (C=O) groups excluding carboxylic acids is 4. The van der Waals surface area contributed by atoms with Crippen LogP contribution in [0, 0.1) is 76.4 Å². The van der Waals surface area contributed by atoms with E-state index in [0.29, 0.717) is 181 Å². The first-order valence-corrected chi connectivity index (χ1v) is 52.8. The summed E-state index contributed by atoms with van der Waals surface area (Å²) in [6, 6.07) is 2.13. The maximum absolute atomic E-state index is 12.1. The average molecular weight is 2050 g/mol. The van der Waals surface area contributed by atoms with Gasteiger partial charge in [0.25, 0.3) is 0 Å². The highest BCUT2D eigenvalue weighted by Gasteiger charge is 2.34. The minimum atomic E-state index is -0.517. The fourth-order valence-corrected chi connectivity index (χ4v) is 13.4. The van der Waals surface area contributed by atoms with Crippen molar-refractivity contribution in [2.75, 3.05) is 225 Å². The predicted octanol–water partition coefficient (Wildman–Crippen LogP) is 8.17. The molecule has 36 heteroatoms. The van der Waals surface area contributed by atoms with Gasteiger partial charge in [-0.15, -0.1) is 0 Å². The second-order valence-corrected chi connectivity index (χ2v) is 41.7. The molecule has 141 heavy (non-hydrogen) atoms. The molecule has 0 spiro atoms. The zero-order valence-corrected chi connectivity index (χ0v) is 94.5. The smallest absolute Gasteiger partial charge is 0.305 e. The van der Waals surface area contributed by atoms with Crippen molar-refractivity contribution >= 4 is 23.8 Å². The number of carbonyl (C=O) groups is 4. The van der Waals surface area contributed by atoms with Crippen molar-refractivity contribution in [1.29, 1.82) is 0 Å². The number of imidazole rings is 1. The number of esters is 2. The summed E-state index contributed by atoms with van der Waals surface area (Å²) in [5, 5.41) is 69.0. The van der Waals surface area contributed by atoms with Gasteiger partial charge in [-0.05, 0) is 171 Å². The molecule has 1 aliphatic rings. The molecule has 2 amide bonds. The molecule has 0 saturated carbocycles. The summed E-state index contributed by atoms with van der Waals surface area (Å²) in [6.45, 7) is 73.5. The van der Waals surface area contributed by atoms with Gasteiger partial charge in [0.15, 0.2) is 0 Å². The number of likely N-dealkylation sites (tertiary alicyclic amines) is 1. The number of nitrogens with two attached hydrogens (primary N) is 1. The molecule has 1 aromatic heterocycles. The number of amides is 2. The van der Waals surface area contributed by atoms with Gasteiger partial charge < -0.3 is 155 Å². The van der Waals surface area contributed by atoms with Crippen LogP contribution in [0.2, 0.25) is 0 Å². The van der Waals surface area contributed by atoms with Crippen LogP contribution in [0.3, 0.4) is 0 Å². The number of hydrogen-bond acceptors (Lipinski definition) is 29. The molecule has 0 bridgehead atoms. The van der Waals surface area contributed by atoms with Crippen LogP contribution >= 0.6 is 0 Å². The number of nitrogens with zero attached hydrogens (tertiary/aromatic N) is 3. The van der Waals surface area contributed by atoms with E-state index in [1.165, 1.54) is 12.8 Å². The number of unbranched alkanes of at least 4 members (excludes halogenated alkanes) is 1. The highest BCUT2D eigenvalue weighted by atomic mass is 16.6. The Labute approximate surface area is 856 Å². The average Bonchev–Trinajstić information content (AvgIpc) is 1.71. The maximum atomic E-state index is 12.1. The van der Waals surface area contributed by atoms with Crippen molar-refractivity contribution in [3.63, 3.8) is 0 Å². The second kappa shape index (κ2) is 103. The maximum Gasteiger partial charge on any atom is 0.305 e. The molecule has 848 valence electrons. The van der Waals surface area contributed by atoms with Gasteiger partial charge in [0.1, 0.15) is 49.6 Å². The zero-order valence-electron chi connectivity index (χ0n) is 94.5. The molecule has 1 aromatic rings. The number of aliphatic hydroxyl groups is 8. The first-order chi connectivity index (χ1) is 66.4. The standard InChI is InChI=1S/C17H29N3O.C16H36N2O3.C14H30O.C12H27NO3.2C10H22O6.C10H18O6.C9H19NO.C7H17NO/c1-13(2)10-15(19-9-7-18-12-19)11-16(14(3)4)20-8-5-6-17(20)21;1-6-16(10-19-7-13(2)3,11-20-8-14(4)17)12-21-9-15(5)18;1-11(2)7-13(5)9-15-10-14(6)8-12(3)4;1-10(2)7-15-9-12(4)16-6-5-14-8-11(3)13;2*1-9(13)6-15-8-10(16-5-3-12)7-14-4-2-11;11-5-7-15-9(13)3-1-2-4-10(14)16-8-6-12;1-6(2)5-8(7(3)4)9(10)11;1-6(2)4-9-5-7(3)8/h7,9,12-16H,5-6,8,10-11H2,1-4H3;13-15H,6-12,17-18H2,1-5H3;11-14H,7-10H2,1-6H3;10-12H,5-9,13H2,1-4H3;2*9-13H,2-8H2,1H3;11-12H,1-8H2;6-8H,5H2,1-4H3,(H2,10,11);6-7H,4-5,8H2,1-3H3/p+4. The van der Waals surface area contributed by atoms with Crippen LogP contribution in [0.1, 0.15) is 277 Å². The van der Waals surface area contributed by atoms with Gasteiger partial charge in [-0.1, -0.05) is 145 Å². The summed E-state index contributed by atoms with van der Waals surface area (Å²) in [4.78, 5) is 51.2. The number of hydrogen-bond donors (Lipinski definition) is 13. The van der Waals surface area contributed by atoms with Crippen molar-refractivity contribution in [2.24, 2.45) is 82.2 Å². The highest BCUT2D eigenvalue weighted by molar-refractivity contribution is 5.78. The molecule has 2 rings (SSSR count). The van der Waals surface area contributed by atoms with Gasteiger partial charge in [0.05, 0.1) is 196 Å². The molecule has 14 unspecified atom stereocenters. The van der Waals surface area contributed by atoms with E-state index < -0.39 is 12.2 Å². The summed E-state index contributed by atoms with van der Waals surface area (Å²) in [5.74, 6) is 6.27. The number of rotatable bonds is 77. The molecule has 14 atom stereocenters. The van der Waals surface area contributed by atoms with E-state index in [4.69, 9.17) is 113 Å². The van der Waals surface area contributed by atoms with Crippen LogP contribution in [0.15, 0.2) is 18.7 Å². The van der Waals surface area contributed by atoms with Crippen LogP contribution < -0.4 is 28.7 Å². The van der Waals surface area contributed by atoms with Gasteiger partial charge in [0.2, 0.25) is 11.8 Å². The van der Waals surface area contributed by atoms with Gasteiger partial charge in [-0.25, -0.2) is 4.98 Å². The van der Waals surface area contributed by atoms with Crippen LogP contribution in [0.5, 0.6) is 0 Å². The van der Waals surface area contributed by atoms with Crippen LogP contribution in [0.4, 0.5) is 0 Å². The third kappa shape index (κ3) is 112. The first kappa shape index (κ1) is 150. The molecule has 36 nitrogen and oxygen atoms in total. The lowest BCUT2D eigenvalue weighted by molar-refractivity contribution is -0.423. The summed E-state index contributed by atoms with van der Waals surface area (Å²) in [6.07, 6.45) is 14.2. The summed E-state index contributed by atoms with van der Waals surface area (Å²) in [5.41, 5.74) is 20.7. The largest absolute Gasteiger partial charge is 0.463 e. The number of quaternary nitrogens is 4. The molecular formula is C105H224N8O28+4. The lowest BCUT2D eigenvalue weighted by Crippen LogP contribution is -2.61. The highest BCUT2D eigenvalue weighted by Crippen LogP contribution is 2.31. The van der Waals surface area contributed by atoms with Crippen LogP contribution in [-0.2, 0) is 95.0 Å². The molecule has 0 aromatic carbocycles. The SMILES string of the molecule is CC(C)CC(C(N)=O)C(C)C.CC(C)CC(C)COCC(C)CC(C)C.CC(C)CC(CC(C(C)C)N1CCCC1=O)n1ccnc1.CC(C)COCC(C)OCCOCC(C)[NH3+].CC(C)COCC(C)[NH3+].CC(O)COCC(COCCO)OCCO.CC(O)COCC(COCCO)OCCO.CCC(COCC(C)C)(COCC(C)[NH3+])COCC(C)[NH3+].O=C(CCCCC(=O)OCCO)OCCO. The molecule has 0 radical (unpaired) electrons. The summed E-state index contributed by atoms with van der Waals surface area (Å²) in [7, 11) is 0. The van der Waals surface area contributed by atoms with Crippen molar-refractivity contribution < 1.29 is 159 Å². The zero-order chi connectivity index (χ0) is 109. The molecule has 1 saturated heterocycles. The number of aromatic nitrogens is 2. The van der Waals surface area contributed by atoms with E-state index >= 15 is 0 Å². The lowest BCUT2D eigenvalue weighted by Gasteiger charge is -2.35. The van der Waals surface area contributed by atoms with E-state index in [9.17, 15) is 19.2 Å². The van der Waals surface area contributed by atoms with Gasteiger partial charge in [-0.2, -0.15) is 0 Å².